The van der Waals surface area contributed by atoms with Crippen LogP contribution in [0, 0.1) is 18.3 Å². The van der Waals surface area contributed by atoms with Crippen LogP contribution >= 0.6 is 0 Å². The number of terminal acetylenes is 1. The Kier molecular flexibility index (Phi) is 17.7. The van der Waals surface area contributed by atoms with Crippen molar-refractivity contribution >= 4 is 8.32 Å². The van der Waals surface area contributed by atoms with Gasteiger partial charge in [0.05, 0.1) is 50.8 Å². The van der Waals surface area contributed by atoms with Gasteiger partial charge in [-0.3, -0.25) is 0 Å². The van der Waals surface area contributed by atoms with E-state index in [9.17, 15) is 0 Å². The van der Waals surface area contributed by atoms with E-state index in [-0.39, 0.29) is 41.7 Å². The molecule has 3 rings (SSSR count). The van der Waals surface area contributed by atoms with Crippen molar-refractivity contribution in [3.8, 4) is 18.1 Å². The molecule has 282 valence electrons. The zero-order valence-corrected chi connectivity index (χ0v) is 34.0. The summed E-state index contributed by atoms with van der Waals surface area (Å²) in [6.07, 6.45) is 26.1. The van der Waals surface area contributed by atoms with Crippen molar-refractivity contribution in [1.82, 2.24) is 0 Å². The quantitative estimate of drug-likeness (QED) is 0.0760. The van der Waals surface area contributed by atoms with Crippen molar-refractivity contribution in [3.05, 3.63) is 90.1 Å². The molecule has 2 aliphatic rings. The summed E-state index contributed by atoms with van der Waals surface area (Å²) in [6.45, 7) is 21.6. The molecule has 0 N–H and O–H groups in total. The van der Waals surface area contributed by atoms with Gasteiger partial charge in [-0.25, -0.2) is 0 Å². The van der Waals surface area contributed by atoms with Crippen molar-refractivity contribution in [2.45, 2.75) is 141 Å². The minimum atomic E-state index is -2.07. The smallest absolute Gasteiger partial charge is 0.192 e. The van der Waals surface area contributed by atoms with E-state index in [2.05, 4.69) is 103 Å². The fourth-order valence-corrected chi connectivity index (χ4v) is 7.56. The fraction of sp³-hybridized carbons (Fsp3) is 0.591. The van der Waals surface area contributed by atoms with Gasteiger partial charge in [-0.2, -0.15) is 0 Å². The predicted molar refractivity (Wildman–Crippen MR) is 213 cm³/mol. The van der Waals surface area contributed by atoms with Crippen molar-refractivity contribution in [2.75, 3.05) is 20.8 Å². The molecule has 51 heavy (non-hydrogen) atoms. The van der Waals surface area contributed by atoms with Crippen LogP contribution in [0.15, 0.2) is 84.5 Å². The molecule has 1 aromatic carbocycles. The van der Waals surface area contributed by atoms with Gasteiger partial charge < -0.3 is 28.1 Å². The van der Waals surface area contributed by atoms with E-state index in [4.69, 9.17) is 34.5 Å². The first kappa shape index (κ1) is 42.7. The fourth-order valence-electron chi connectivity index (χ4n) is 6.28. The summed E-state index contributed by atoms with van der Waals surface area (Å²) in [7, 11) is 1.35. The highest BCUT2D eigenvalue weighted by Gasteiger charge is 2.39. The summed E-state index contributed by atoms with van der Waals surface area (Å²) >= 11 is 0. The molecule has 0 amide bonds. The second-order valence-electron chi connectivity index (χ2n) is 15.9. The van der Waals surface area contributed by atoms with Crippen molar-refractivity contribution in [2.24, 2.45) is 5.92 Å². The van der Waals surface area contributed by atoms with E-state index in [1.165, 1.54) is 11.1 Å². The second kappa shape index (κ2) is 21.1. The predicted octanol–water partition coefficient (Wildman–Crippen LogP) is 10.3. The molecule has 2 aliphatic heterocycles. The van der Waals surface area contributed by atoms with Crippen LogP contribution < -0.4 is 4.74 Å². The van der Waals surface area contributed by atoms with Gasteiger partial charge in [0.2, 0.25) is 0 Å². The first-order valence-corrected chi connectivity index (χ1v) is 21.6. The molecule has 0 bridgehead atoms. The zero-order valence-electron chi connectivity index (χ0n) is 33.0. The average Bonchev–Trinajstić information content (AvgIpc) is 3.06. The van der Waals surface area contributed by atoms with Crippen molar-refractivity contribution in [1.29, 1.82) is 0 Å². The molecule has 0 radical (unpaired) electrons. The first-order valence-electron chi connectivity index (χ1n) is 18.7. The third-order valence-electron chi connectivity index (χ3n) is 10.2. The van der Waals surface area contributed by atoms with Crippen LogP contribution in [0.1, 0.15) is 85.1 Å². The van der Waals surface area contributed by atoms with Gasteiger partial charge >= 0.3 is 0 Å². The van der Waals surface area contributed by atoms with E-state index in [0.29, 0.717) is 32.0 Å². The van der Waals surface area contributed by atoms with Crippen LogP contribution in [0.4, 0.5) is 0 Å². The first-order chi connectivity index (χ1) is 24.2. The van der Waals surface area contributed by atoms with Crippen LogP contribution in [-0.2, 0) is 30.0 Å². The largest absolute Gasteiger partial charge is 0.497 e. The monoisotopic (exact) mass is 718 g/mol. The molecule has 1 aromatic rings. The Morgan fingerprint density at radius 1 is 1.14 bits per heavy atom. The lowest BCUT2D eigenvalue weighted by Crippen LogP contribution is -2.43. The molecule has 7 unspecified atom stereocenters. The number of rotatable bonds is 20. The van der Waals surface area contributed by atoms with E-state index < -0.39 is 8.32 Å². The third kappa shape index (κ3) is 15.1. The Morgan fingerprint density at radius 2 is 1.88 bits per heavy atom. The van der Waals surface area contributed by atoms with Gasteiger partial charge in [0, 0.05) is 13.5 Å². The normalized spacial score (nSPS) is 22.4. The van der Waals surface area contributed by atoms with Crippen molar-refractivity contribution < 1.29 is 28.1 Å². The summed E-state index contributed by atoms with van der Waals surface area (Å²) in [5.74, 6) is 3.99. The highest BCUT2D eigenvalue weighted by atomic mass is 28.4. The lowest BCUT2D eigenvalue weighted by molar-refractivity contribution is -0.0420. The minimum Gasteiger partial charge on any atom is -0.497 e. The average molecular weight is 719 g/mol. The SMILES string of the molecule is C#CCC1C=CCC(CC(C)CC(=C)CC(C=CCC(OCc2ccc(OC)cc2)C(C=CC2CC(C)=CCO2)OC)O[Si](C)(C)C(C)(C)C)O1. The number of methoxy groups -OCH3 is 2. The van der Waals surface area contributed by atoms with Crippen LogP contribution in [-0.4, -0.2) is 65.8 Å². The Balaban J connectivity index is 1.74. The number of hydrogen-bond acceptors (Lipinski definition) is 6. The molecule has 0 aliphatic carbocycles. The van der Waals surface area contributed by atoms with E-state index in [1.54, 1.807) is 14.2 Å². The van der Waals surface area contributed by atoms with Crippen LogP contribution in [0.5, 0.6) is 5.75 Å². The molecule has 0 saturated carbocycles. The number of hydrogen-bond donors (Lipinski definition) is 0. The summed E-state index contributed by atoms with van der Waals surface area (Å²) in [6, 6.07) is 8.00. The maximum absolute atomic E-state index is 7.02. The molecule has 2 heterocycles. The Hall–Kier alpha value is -2.70. The molecule has 0 aromatic heterocycles. The molecule has 6 nitrogen and oxygen atoms in total. The molecule has 0 fully saturated rings. The Labute approximate surface area is 311 Å². The number of benzene rings is 1. The maximum Gasteiger partial charge on any atom is 0.192 e. The zero-order chi connectivity index (χ0) is 37.4. The summed E-state index contributed by atoms with van der Waals surface area (Å²) < 4.78 is 37.2. The van der Waals surface area contributed by atoms with E-state index >= 15 is 0 Å². The van der Waals surface area contributed by atoms with Crippen molar-refractivity contribution in [3.63, 3.8) is 0 Å². The van der Waals surface area contributed by atoms with Gasteiger partial charge in [-0.05, 0) is 87.2 Å². The topological polar surface area (TPSA) is 55.4 Å². The van der Waals surface area contributed by atoms with Crippen LogP contribution in [0.2, 0.25) is 18.1 Å². The molecule has 0 spiro atoms. The van der Waals surface area contributed by atoms with E-state index in [0.717, 1.165) is 43.4 Å². The Bertz CT molecular complexity index is 1360. The highest BCUT2D eigenvalue weighted by Crippen LogP contribution is 2.38. The lowest BCUT2D eigenvalue weighted by atomic mass is 9.91. The molecular weight excluding hydrogens is 653 g/mol. The summed E-state index contributed by atoms with van der Waals surface area (Å²) in [4.78, 5) is 0. The van der Waals surface area contributed by atoms with Crippen LogP contribution in [0.25, 0.3) is 0 Å². The molecule has 7 atom stereocenters. The standard InChI is InChI=1S/C44H66O6Si/c1-12-15-38-16-13-17-40(49-38)30-34(3)28-35(4)31-41(50-51(10,11)44(5,6)7)18-14-19-43(48-32-36-20-22-37(45-8)23-21-36)42(46-9)25-24-39-29-33(2)26-27-47-39/h1,13-14,16,18,20-26,34,38-43H,4,15,17,19,27-32H2,2-3,5-11H3. The van der Waals surface area contributed by atoms with Gasteiger partial charge in [0.1, 0.15) is 11.9 Å². The summed E-state index contributed by atoms with van der Waals surface area (Å²) in [5, 5.41) is 0.0825. The minimum absolute atomic E-state index is 0.0239. The maximum atomic E-state index is 7.02. The summed E-state index contributed by atoms with van der Waals surface area (Å²) in [5.41, 5.74) is 3.62. The molecule has 0 saturated heterocycles. The van der Waals surface area contributed by atoms with Gasteiger partial charge in [0.15, 0.2) is 8.32 Å². The van der Waals surface area contributed by atoms with Gasteiger partial charge in [-0.1, -0.05) is 100 Å². The molecule has 7 heteroatoms. The van der Waals surface area contributed by atoms with Gasteiger partial charge in [0.25, 0.3) is 0 Å². The lowest BCUT2D eigenvalue weighted by Gasteiger charge is -2.39. The highest BCUT2D eigenvalue weighted by molar-refractivity contribution is 6.74. The molecular formula is C44H66O6Si. The Morgan fingerprint density at radius 3 is 2.53 bits per heavy atom. The number of ether oxygens (including phenoxy) is 5. The van der Waals surface area contributed by atoms with E-state index in [1.807, 2.05) is 24.3 Å². The van der Waals surface area contributed by atoms with Crippen LogP contribution in [0.3, 0.4) is 0 Å². The second-order valence-corrected chi connectivity index (χ2v) is 20.6. The third-order valence-corrected chi connectivity index (χ3v) is 14.7. The van der Waals surface area contributed by atoms with Gasteiger partial charge in [-0.15, -0.1) is 12.3 Å².